The number of nitrogens with one attached hydrogen (secondary N) is 1. The van der Waals surface area contributed by atoms with E-state index in [4.69, 9.17) is 35.5 Å². The van der Waals surface area contributed by atoms with Crippen LogP contribution in [0.5, 0.6) is 0 Å². The highest BCUT2D eigenvalue weighted by molar-refractivity contribution is 6.34. The highest BCUT2D eigenvalue weighted by atomic mass is 35.5. The average molecular weight is 507 g/mol. The first-order valence-corrected chi connectivity index (χ1v) is 12.0. The van der Waals surface area contributed by atoms with E-state index in [1.165, 1.54) is 10.9 Å². The summed E-state index contributed by atoms with van der Waals surface area (Å²) >= 11 is 6.63. The number of rotatable bonds is 12. The van der Waals surface area contributed by atoms with Gasteiger partial charge in [0, 0.05) is 39.5 Å². The lowest BCUT2D eigenvalue weighted by atomic mass is 10.2. The molecular formula is C23H31ClN6O5. The number of carbonyl (C=O) groups is 1. The van der Waals surface area contributed by atoms with Gasteiger partial charge in [0.05, 0.1) is 66.5 Å². The lowest BCUT2D eigenvalue weighted by Gasteiger charge is -2.26. The van der Waals surface area contributed by atoms with Crippen LogP contribution < -0.4 is 5.32 Å². The third kappa shape index (κ3) is 6.30. The number of halogens is 1. The Hall–Kier alpha value is -2.70. The van der Waals surface area contributed by atoms with Crippen LogP contribution in [0.4, 0.5) is 5.69 Å². The fourth-order valence-corrected chi connectivity index (χ4v) is 4.02. The predicted molar refractivity (Wildman–Crippen MR) is 131 cm³/mol. The van der Waals surface area contributed by atoms with Crippen LogP contribution in [0.3, 0.4) is 0 Å². The molecule has 35 heavy (non-hydrogen) atoms. The number of anilines is 1. The Morgan fingerprint density at radius 1 is 1.26 bits per heavy atom. The number of hydrogen-bond acceptors (Lipinski definition) is 9. The molecule has 1 aliphatic heterocycles. The largest absolute Gasteiger partial charge is 0.462 e. The maximum absolute atomic E-state index is 12.1. The molecule has 0 saturated carbocycles. The van der Waals surface area contributed by atoms with Crippen molar-refractivity contribution in [2.45, 2.75) is 13.7 Å². The molecule has 3 aromatic rings. The maximum atomic E-state index is 12.1. The molecule has 0 spiro atoms. The van der Waals surface area contributed by atoms with Crippen molar-refractivity contribution in [2.75, 3.05) is 71.6 Å². The minimum Gasteiger partial charge on any atom is -0.462 e. The van der Waals surface area contributed by atoms with Gasteiger partial charge >= 0.3 is 5.97 Å². The highest BCUT2D eigenvalue weighted by Crippen LogP contribution is 2.30. The van der Waals surface area contributed by atoms with Gasteiger partial charge in [0.1, 0.15) is 6.73 Å². The van der Waals surface area contributed by atoms with Crippen molar-refractivity contribution in [3.8, 4) is 5.95 Å². The van der Waals surface area contributed by atoms with Crippen LogP contribution in [-0.4, -0.2) is 96.5 Å². The summed E-state index contributed by atoms with van der Waals surface area (Å²) in [5.74, 6) is 0.0575. The molecule has 1 aromatic carbocycles. The van der Waals surface area contributed by atoms with E-state index in [9.17, 15) is 4.79 Å². The van der Waals surface area contributed by atoms with Crippen molar-refractivity contribution in [3.63, 3.8) is 0 Å². The Balaban J connectivity index is 1.58. The molecule has 0 aliphatic carbocycles. The molecule has 1 aliphatic rings. The molecule has 0 unspecified atom stereocenters. The van der Waals surface area contributed by atoms with E-state index >= 15 is 0 Å². The minimum atomic E-state index is -0.437. The maximum Gasteiger partial charge on any atom is 0.341 e. The van der Waals surface area contributed by atoms with Crippen LogP contribution >= 0.6 is 11.6 Å². The molecule has 0 bridgehead atoms. The lowest BCUT2D eigenvalue weighted by Crippen LogP contribution is -2.39. The van der Waals surface area contributed by atoms with Crippen molar-refractivity contribution in [1.29, 1.82) is 0 Å². The molecule has 3 heterocycles. The Bertz CT molecular complexity index is 1130. The van der Waals surface area contributed by atoms with Crippen LogP contribution in [0.15, 0.2) is 24.5 Å². The van der Waals surface area contributed by atoms with Crippen molar-refractivity contribution < 1.29 is 23.7 Å². The normalized spacial score (nSPS) is 14.5. The second kappa shape index (κ2) is 12.3. The van der Waals surface area contributed by atoms with E-state index in [0.717, 1.165) is 56.1 Å². The predicted octanol–water partition coefficient (Wildman–Crippen LogP) is 2.42. The zero-order chi connectivity index (χ0) is 24.6. The van der Waals surface area contributed by atoms with Gasteiger partial charge in [-0.2, -0.15) is 5.10 Å². The van der Waals surface area contributed by atoms with Gasteiger partial charge in [0.25, 0.3) is 0 Å². The van der Waals surface area contributed by atoms with Crippen LogP contribution in [0.1, 0.15) is 17.3 Å². The molecule has 4 rings (SSSR count). The average Bonchev–Trinajstić information content (AvgIpc) is 3.48. The smallest absolute Gasteiger partial charge is 0.341 e. The van der Waals surface area contributed by atoms with Gasteiger partial charge in [0.15, 0.2) is 0 Å². The first-order chi connectivity index (χ1) is 17.1. The number of esters is 1. The number of ether oxygens (including phenoxy) is 4. The van der Waals surface area contributed by atoms with Gasteiger partial charge in [-0.25, -0.2) is 14.5 Å². The summed E-state index contributed by atoms with van der Waals surface area (Å²) in [7, 11) is 1.62. The van der Waals surface area contributed by atoms with Gasteiger partial charge in [-0.15, -0.1) is 0 Å². The molecule has 190 valence electrons. The van der Waals surface area contributed by atoms with Gasteiger partial charge in [-0.1, -0.05) is 11.6 Å². The lowest BCUT2D eigenvalue weighted by molar-refractivity contribution is 0.0356. The van der Waals surface area contributed by atoms with E-state index in [2.05, 4.69) is 15.3 Å². The van der Waals surface area contributed by atoms with Crippen molar-refractivity contribution >= 4 is 34.3 Å². The number of carbonyl (C=O) groups excluding carboxylic acids is 1. The summed E-state index contributed by atoms with van der Waals surface area (Å²) in [6.07, 6.45) is 3.05. The summed E-state index contributed by atoms with van der Waals surface area (Å²) in [6.45, 7) is 8.19. The Labute approximate surface area is 208 Å². The third-order valence-electron chi connectivity index (χ3n) is 5.61. The number of morpholine rings is 1. The molecule has 2 aromatic heterocycles. The zero-order valence-corrected chi connectivity index (χ0v) is 20.8. The number of hydrogen-bond donors (Lipinski definition) is 1. The Morgan fingerprint density at radius 3 is 2.86 bits per heavy atom. The number of methoxy groups -OCH3 is 1. The van der Waals surface area contributed by atoms with E-state index < -0.39 is 5.97 Å². The van der Waals surface area contributed by atoms with Crippen LogP contribution in [0.2, 0.25) is 5.02 Å². The first kappa shape index (κ1) is 25.4. The number of imidazole rings is 1. The third-order valence-corrected chi connectivity index (χ3v) is 5.93. The molecule has 0 radical (unpaired) electrons. The monoisotopic (exact) mass is 506 g/mol. The number of aromatic nitrogens is 4. The molecule has 11 nitrogen and oxygen atoms in total. The molecular weight excluding hydrogens is 476 g/mol. The fourth-order valence-electron chi connectivity index (χ4n) is 3.79. The van der Waals surface area contributed by atoms with Gasteiger partial charge in [0.2, 0.25) is 5.95 Å². The van der Waals surface area contributed by atoms with E-state index in [-0.39, 0.29) is 13.3 Å². The molecule has 1 fully saturated rings. The van der Waals surface area contributed by atoms with Crippen molar-refractivity contribution in [2.24, 2.45) is 0 Å². The number of nitrogens with zero attached hydrogens (tertiary/aromatic N) is 5. The molecule has 12 heteroatoms. The van der Waals surface area contributed by atoms with E-state index in [1.807, 2.05) is 16.7 Å². The molecule has 0 amide bonds. The SMILES string of the molecule is CCOC(=O)c1cnn(-c2nc3cc(NCCN4CCOCC4)c(Cl)cc3n2COCCOC)c1. The fraction of sp³-hybridized carbons (Fsp3) is 0.522. The summed E-state index contributed by atoms with van der Waals surface area (Å²) in [5, 5.41) is 8.32. The van der Waals surface area contributed by atoms with Crippen LogP contribution in [-0.2, 0) is 25.7 Å². The quantitative estimate of drug-likeness (QED) is 0.293. The minimum absolute atomic E-state index is 0.212. The van der Waals surface area contributed by atoms with Gasteiger partial charge in [-0.05, 0) is 19.1 Å². The topological polar surface area (TPSA) is 105 Å². The summed E-state index contributed by atoms with van der Waals surface area (Å²) in [4.78, 5) is 19.2. The highest BCUT2D eigenvalue weighted by Gasteiger charge is 2.18. The summed E-state index contributed by atoms with van der Waals surface area (Å²) < 4.78 is 24.7. The zero-order valence-electron chi connectivity index (χ0n) is 20.0. The van der Waals surface area contributed by atoms with Crippen molar-refractivity contribution in [3.05, 3.63) is 35.1 Å². The molecule has 0 atom stereocenters. The standard InChI is InChI=1S/C23H31ClN6O5/c1-3-35-22(31)17-14-26-30(15-17)23-27-20-13-19(25-4-5-28-6-8-33-9-7-28)18(24)12-21(20)29(23)16-34-11-10-32-2/h12-15,25H,3-11,16H2,1-2H3. The van der Waals surface area contributed by atoms with Crippen LogP contribution in [0, 0.1) is 0 Å². The van der Waals surface area contributed by atoms with Crippen LogP contribution in [0.25, 0.3) is 17.0 Å². The Kier molecular flexibility index (Phi) is 8.94. The van der Waals surface area contributed by atoms with E-state index in [0.29, 0.717) is 29.7 Å². The molecule has 1 N–H and O–H groups in total. The second-order valence-electron chi connectivity index (χ2n) is 7.97. The van der Waals surface area contributed by atoms with Gasteiger partial charge in [-0.3, -0.25) is 9.47 Å². The van der Waals surface area contributed by atoms with Crippen molar-refractivity contribution in [1.82, 2.24) is 24.2 Å². The molecule has 1 saturated heterocycles. The first-order valence-electron chi connectivity index (χ1n) is 11.6. The summed E-state index contributed by atoms with van der Waals surface area (Å²) in [6, 6.07) is 3.78. The van der Waals surface area contributed by atoms with Gasteiger partial charge < -0.3 is 24.3 Å². The summed E-state index contributed by atoms with van der Waals surface area (Å²) in [5.41, 5.74) is 2.65. The number of fused-ring (bicyclic) bond motifs is 1. The number of benzene rings is 1. The van der Waals surface area contributed by atoms with E-state index in [1.54, 1.807) is 20.2 Å². The Morgan fingerprint density at radius 2 is 2.09 bits per heavy atom. The second-order valence-corrected chi connectivity index (χ2v) is 8.37.